The predicted molar refractivity (Wildman–Crippen MR) is 62.2 cm³/mol. The molecule has 1 aromatic rings. The third-order valence-corrected chi connectivity index (χ3v) is 3.02. The number of hydrogen-bond acceptors (Lipinski definition) is 4. The molecule has 0 aliphatic carbocycles. The van der Waals surface area contributed by atoms with Crippen LogP contribution in [0.4, 0.5) is 0 Å². The number of nitrogens with two attached hydrogens (primary N) is 1. The summed E-state index contributed by atoms with van der Waals surface area (Å²) in [7, 11) is 0. The van der Waals surface area contributed by atoms with E-state index in [1.807, 2.05) is 12.3 Å². The molecule has 1 aliphatic heterocycles. The van der Waals surface area contributed by atoms with E-state index >= 15 is 0 Å². The lowest BCUT2D eigenvalue weighted by Gasteiger charge is -2.10. The van der Waals surface area contributed by atoms with E-state index in [9.17, 15) is 0 Å². The molecule has 1 aromatic heterocycles. The molecule has 0 aromatic carbocycles. The minimum atomic E-state index is 0.197. The van der Waals surface area contributed by atoms with Crippen LogP contribution in [0, 0.1) is 0 Å². The lowest BCUT2D eigenvalue weighted by molar-refractivity contribution is 0.193. The Morgan fingerprint density at radius 2 is 2.50 bits per heavy atom. The summed E-state index contributed by atoms with van der Waals surface area (Å²) in [5.41, 5.74) is 6.97. The van der Waals surface area contributed by atoms with Gasteiger partial charge in [-0.1, -0.05) is 6.92 Å². The standard InChI is InChI=1S/C12H19N3O/c1-2-10(13)7-11-3-5-14-12(15-11)9-4-6-16-8-9/h3,5,9-10H,2,4,6-8,13H2,1H3. The van der Waals surface area contributed by atoms with Gasteiger partial charge in [0.15, 0.2) is 0 Å². The first kappa shape index (κ1) is 11.5. The second-order valence-electron chi connectivity index (χ2n) is 4.34. The van der Waals surface area contributed by atoms with Crippen LogP contribution in [0.1, 0.15) is 37.2 Å². The predicted octanol–water partition coefficient (Wildman–Crippen LogP) is 1.26. The van der Waals surface area contributed by atoms with E-state index < -0.39 is 0 Å². The molecular formula is C12H19N3O. The fourth-order valence-corrected chi connectivity index (χ4v) is 1.87. The van der Waals surface area contributed by atoms with E-state index in [1.54, 1.807) is 0 Å². The lowest BCUT2D eigenvalue weighted by atomic mass is 10.1. The Bertz CT molecular complexity index is 337. The summed E-state index contributed by atoms with van der Waals surface area (Å²) in [4.78, 5) is 8.89. The van der Waals surface area contributed by atoms with Crippen LogP contribution >= 0.6 is 0 Å². The molecule has 2 rings (SSSR count). The van der Waals surface area contributed by atoms with Gasteiger partial charge in [0.25, 0.3) is 0 Å². The van der Waals surface area contributed by atoms with Crippen LogP contribution in [0.5, 0.6) is 0 Å². The van der Waals surface area contributed by atoms with Crippen molar-refractivity contribution in [3.8, 4) is 0 Å². The number of ether oxygens (including phenoxy) is 1. The molecule has 0 bridgehead atoms. The van der Waals surface area contributed by atoms with Crippen molar-refractivity contribution in [1.82, 2.24) is 9.97 Å². The van der Waals surface area contributed by atoms with Crippen LogP contribution in [0.3, 0.4) is 0 Å². The van der Waals surface area contributed by atoms with Crippen molar-refractivity contribution in [1.29, 1.82) is 0 Å². The summed E-state index contributed by atoms with van der Waals surface area (Å²) in [6.45, 7) is 3.67. The fourth-order valence-electron chi connectivity index (χ4n) is 1.87. The van der Waals surface area contributed by atoms with Gasteiger partial charge < -0.3 is 10.5 Å². The van der Waals surface area contributed by atoms with Gasteiger partial charge in [-0.05, 0) is 18.9 Å². The minimum Gasteiger partial charge on any atom is -0.381 e. The fraction of sp³-hybridized carbons (Fsp3) is 0.667. The lowest BCUT2D eigenvalue weighted by Crippen LogP contribution is -2.22. The Hall–Kier alpha value is -1.00. The second kappa shape index (κ2) is 5.37. The van der Waals surface area contributed by atoms with Crippen LogP contribution < -0.4 is 5.73 Å². The van der Waals surface area contributed by atoms with E-state index in [1.165, 1.54) is 0 Å². The normalized spacial score (nSPS) is 22.2. The maximum absolute atomic E-state index is 5.92. The number of rotatable bonds is 4. The van der Waals surface area contributed by atoms with Crippen molar-refractivity contribution in [3.63, 3.8) is 0 Å². The molecule has 4 nitrogen and oxygen atoms in total. The summed E-state index contributed by atoms with van der Waals surface area (Å²) >= 11 is 0. The largest absolute Gasteiger partial charge is 0.381 e. The zero-order valence-electron chi connectivity index (χ0n) is 9.72. The maximum Gasteiger partial charge on any atom is 0.133 e. The van der Waals surface area contributed by atoms with Gasteiger partial charge in [-0.15, -0.1) is 0 Å². The highest BCUT2D eigenvalue weighted by atomic mass is 16.5. The van der Waals surface area contributed by atoms with E-state index in [2.05, 4.69) is 16.9 Å². The average molecular weight is 221 g/mol. The molecule has 0 radical (unpaired) electrons. The summed E-state index contributed by atoms with van der Waals surface area (Å²) < 4.78 is 5.35. The van der Waals surface area contributed by atoms with Crippen molar-refractivity contribution < 1.29 is 4.74 Å². The van der Waals surface area contributed by atoms with E-state index in [0.717, 1.165) is 44.0 Å². The van der Waals surface area contributed by atoms with Gasteiger partial charge in [0.1, 0.15) is 5.82 Å². The summed E-state index contributed by atoms with van der Waals surface area (Å²) in [6.07, 6.45) is 4.67. The molecule has 2 N–H and O–H groups in total. The molecule has 2 unspecified atom stereocenters. The smallest absolute Gasteiger partial charge is 0.133 e. The van der Waals surface area contributed by atoms with Crippen LogP contribution in [0.25, 0.3) is 0 Å². The van der Waals surface area contributed by atoms with Gasteiger partial charge in [-0.25, -0.2) is 9.97 Å². The summed E-state index contributed by atoms with van der Waals surface area (Å²) in [5.74, 6) is 1.29. The summed E-state index contributed by atoms with van der Waals surface area (Å²) in [5, 5.41) is 0. The third-order valence-electron chi connectivity index (χ3n) is 3.02. The highest BCUT2D eigenvalue weighted by Crippen LogP contribution is 2.21. The molecule has 1 fully saturated rings. The summed E-state index contributed by atoms with van der Waals surface area (Å²) in [6, 6.07) is 2.15. The first-order valence-electron chi connectivity index (χ1n) is 5.94. The number of aromatic nitrogens is 2. The molecule has 2 atom stereocenters. The van der Waals surface area contributed by atoms with Gasteiger partial charge in [0.2, 0.25) is 0 Å². The molecule has 1 saturated heterocycles. The van der Waals surface area contributed by atoms with Crippen molar-refractivity contribution in [3.05, 3.63) is 23.8 Å². The molecule has 16 heavy (non-hydrogen) atoms. The van der Waals surface area contributed by atoms with Crippen LogP contribution in [-0.4, -0.2) is 29.2 Å². The van der Waals surface area contributed by atoms with E-state index in [0.29, 0.717) is 5.92 Å². The minimum absolute atomic E-state index is 0.197. The van der Waals surface area contributed by atoms with Crippen LogP contribution in [0.2, 0.25) is 0 Å². The average Bonchev–Trinajstić information content (AvgIpc) is 2.83. The quantitative estimate of drug-likeness (QED) is 0.831. The molecule has 0 saturated carbocycles. The molecule has 0 spiro atoms. The third kappa shape index (κ3) is 2.77. The highest BCUT2D eigenvalue weighted by Gasteiger charge is 2.20. The maximum atomic E-state index is 5.92. The molecule has 2 heterocycles. The Labute approximate surface area is 96.2 Å². The Morgan fingerprint density at radius 3 is 3.19 bits per heavy atom. The monoisotopic (exact) mass is 221 g/mol. The van der Waals surface area contributed by atoms with Gasteiger partial charge in [0, 0.05) is 36.9 Å². The van der Waals surface area contributed by atoms with Gasteiger partial charge in [-0.3, -0.25) is 0 Å². The first-order valence-corrected chi connectivity index (χ1v) is 5.94. The van der Waals surface area contributed by atoms with Gasteiger partial charge in [0.05, 0.1) is 6.61 Å². The molecular weight excluding hydrogens is 202 g/mol. The van der Waals surface area contributed by atoms with Crippen molar-refractivity contribution >= 4 is 0 Å². The molecule has 0 amide bonds. The first-order chi connectivity index (χ1) is 7.79. The number of hydrogen-bond donors (Lipinski definition) is 1. The topological polar surface area (TPSA) is 61.0 Å². The zero-order valence-corrected chi connectivity index (χ0v) is 9.72. The van der Waals surface area contributed by atoms with E-state index in [-0.39, 0.29) is 6.04 Å². The van der Waals surface area contributed by atoms with Gasteiger partial charge in [-0.2, -0.15) is 0 Å². The van der Waals surface area contributed by atoms with Crippen LogP contribution in [-0.2, 0) is 11.2 Å². The molecule has 4 heteroatoms. The second-order valence-corrected chi connectivity index (χ2v) is 4.34. The Kier molecular flexibility index (Phi) is 3.85. The van der Waals surface area contributed by atoms with Crippen molar-refractivity contribution in [2.75, 3.05) is 13.2 Å². The van der Waals surface area contributed by atoms with Crippen molar-refractivity contribution in [2.24, 2.45) is 5.73 Å². The Balaban J connectivity index is 2.06. The number of nitrogens with zero attached hydrogens (tertiary/aromatic N) is 2. The highest BCUT2D eigenvalue weighted by molar-refractivity contribution is 5.08. The van der Waals surface area contributed by atoms with Crippen LogP contribution in [0.15, 0.2) is 12.3 Å². The van der Waals surface area contributed by atoms with Gasteiger partial charge >= 0.3 is 0 Å². The Morgan fingerprint density at radius 1 is 1.62 bits per heavy atom. The zero-order chi connectivity index (χ0) is 11.4. The molecule has 1 aliphatic rings. The van der Waals surface area contributed by atoms with Crippen molar-refractivity contribution in [2.45, 2.75) is 38.1 Å². The van der Waals surface area contributed by atoms with E-state index in [4.69, 9.17) is 10.5 Å². The SMILES string of the molecule is CCC(N)Cc1ccnc(C2CCOC2)n1. The molecule has 88 valence electrons.